The molecule has 0 unspecified atom stereocenters. The number of nitrogens with one attached hydrogen (secondary N) is 1. The van der Waals surface area contributed by atoms with Gasteiger partial charge in [-0.25, -0.2) is 17.9 Å². The van der Waals surface area contributed by atoms with Crippen molar-refractivity contribution >= 4 is 33.7 Å². The maximum atomic E-state index is 14.2. The maximum absolute atomic E-state index is 14.2. The lowest BCUT2D eigenvalue weighted by atomic mass is 9.94. The molecule has 0 spiro atoms. The number of aliphatic hydroxyl groups excluding tert-OH is 2. The smallest absolute Gasteiger partial charge is 0.308 e. The molecule has 4 rings (SSSR count). The number of rotatable bonds is 12. The summed E-state index contributed by atoms with van der Waals surface area (Å²) in [5, 5.41) is 29.2. The van der Waals surface area contributed by atoms with Crippen LogP contribution in [0.3, 0.4) is 0 Å². The third kappa shape index (κ3) is 8.15. The highest BCUT2D eigenvalue weighted by Gasteiger charge is 2.30. The van der Waals surface area contributed by atoms with Crippen LogP contribution in [0, 0.1) is 5.82 Å². The summed E-state index contributed by atoms with van der Waals surface area (Å²) in [5.41, 5.74) is 3.27. The molecule has 1 aromatic heterocycles. The second kappa shape index (κ2) is 14.6. The molecule has 1 heterocycles. The molecule has 3 aromatic carbocycles. The molecule has 12 heteroatoms. The molecule has 0 radical (unpaired) electrons. The number of anilines is 1. The highest BCUT2D eigenvalue weighted by atomic mass is 32.2. The van der Waals surface area contributed by atoms with Crippen molar-refractivity contribution in [2.75, 3.05) is 12.4 Å². The van der Waals surface area contributed by atoms with Gasteiger partial charge in [-0.3, -0.25) is 9.59 Å². The molecule has 0 aliphatic heterocycles. The van der Waals surface area contributed by atoms with Crippen LogP contribution >= 0.6 is 0 Å². The molecule has 0 aliphatic rings. The number of primary sulfonamides is 1. The molecule has 0 fully saturated rings. The lowest BCUT2D eigenvalue weighted by Gasteiger charge is -2.17. The first kappa shape index (κ1) is 34.3. The highest BCUT2D eigenvalue weighted by Crippen LogP contribution is 2.43. The third-order valence-electron chi connectivity index (χ3n) is 7.21. The fraction of sp³-hybridized carbons (Fsp3) is 0.235. The monoisotopic (exact) mass is 649 g/mol. The number of amides is 1. The molecule has 1 amide bonds. The van der Waals surface area contributed by atoms with Crippen molar-refractivity contribution in [2.45, 2.75) is 49.8 Å². The number of benzene rings is 3. The van der Waals surface area contributed by atoms with Crippen LogP contribution < -0.4 is 10.5 Å². The van der Waals surface area contributed by atoms with E-state index < -0.39 is 39.9 Å². The van der Waals surface area contributed by atoms with Crippen molar-refractivity contribution in [3.05, 3.63) is 102 Å². The van der Waals surface area contributed by atoms with E-state index in [1.54, 1.807) is 22.8 Å². The fourth-order valence-corrected chi connectivity index (χ4v) is 5.74. The zero-order chi connectivity index (χ0) is 33.6. The van der Waals surface area contributed by atoms with E-state index in [0.717, 1.165) is 0 Å². The number of aliphatic hydroxyl groups is 2. The normalized spacial score (nSPS) is 13.1. The average Bonchev–Trinajstić information content (AvgIpc) is 3.36. The van der Waals surface area contributed by atoms with Crippen LogP contribution in [0.5, 0.6) is 0 Å². The van der Waals surface area contributed by atoms with Crippen molar-refractivity contribution in [1.29, 1.82) is 0 Å². The van der Waals surface area contributed by atoms with E-state index in [0.29, 0.717) is 27.9 Å². The summed E-state index contributed by atoms with van der Waals surface area (Å²) in [6.07, 6.45) is 0.302. The van der Waals surface area contributed by atoms with Gasteiger partial charge < -0.3 is 24.8 Å². The summed E-state index contributed by atoms with van der Waals surface area (Å²) in [6.45, 7) is 3.74. The van der Waals surface area contributed by atoms with Crippen LogP contribution in [-0.2, 0) is 19.6 Å². The minimum Gasteiger partial charge on any atom is -0.469 e. The Morgan fingerprint density at radius 3 is 2.24 bits per heavy atom. The van der Waals surface area contributed by atoms with Gasteiger partial charge in [0.15, 0.2) is 0 Å². The number of ether oxygens (including phenoxy) is 1. The largest absolute Gasteiger partial charge is 0.469 e. The van der Waals surface area contributed by atoms with Crippen LogP contribution in [0.2, 0.25) is 0 Å². The molecular weight excluding hydrogens is 613 g/mol. The van der Waals surface area contributed by atoms with Crippen LogP contribution in [0.4, 0.5) is 10.1 Å². The van der Waals surface area contributed by atoms with Crippen LogP contribution in [0.25, 0.3) is 28.3 Å². The van der Waals surface area contributed by atoms with Crippen molar-refractivity contribution in [2.24, 2.45) is 5.14 Å². The lowest BCUT2D eigenvalue weighted by Crippen LogP contribution is -2.21. The van der Waals surface area contributed by atoms with Crippen molar-refractivity contribution in [1.82, 2.24) is 4.57 Å². The van der Waals surface area contributed by atoms with Gasteiger partial charge in [0.2, 0.25) is 10.0 Å². The van der Waals surface area contributed by atoms with Gasteiger partial charge in [0.25, 0.3) is 5.91 Å². The Morgan fingerprint density at radius 2 is 1.63 bits per heavy atom. The van der Waals surface area contributed by atoms with Crippen molar-refractivity contribution < 1.29 is 37.3 Å². The average molecular weight is 650 g/mol. The number of hydrogen-bond acceptors (Lipinski definition) is 7. The van der Waals surface area contributed by atoms with E-state index in [-0.39, 0.29) is 35.2 Å². The topological polar surface area (TPSA) is 161 Å². The van der Waals surface area contributed by atoms with Crippen molar-refractivity contribution in [3.63, 3.8) is 0 Å². The molecular formula is C34H36FN3O7S. The zero-order valence-corrected chi connectivity index (χ0v) is 26.4. The molecule has 0 aliphatic carbocycles. The summed E-state index contributed by atoms with van der Waals surface area (Å²) in [5.74, 6) is -1.63. The number of hydrogen-bond donors (Lipinski definition) is 4. The molecule has 10 nitrogen and oxygen atoms in total. The fourth-order valence-electron chi connectivity index (χ4n) is 5.19. The quantitative estimate of drug-likeness (QED) is 0.155. The van der Waals surface area contributed by atoms with Crippen molar-refractivity contribution in [3.8, 4) is 22.3 Å². The van der Waals surface area contributed by atoms with Gasteiger partial charge in [0, 0.05) is 35.0 Å². The summed E-state index contributed by atoms with van der Waals surface area (Å²) in [7, 11) is -2.83. The highest BCUT2D eigenvalue weighted by molar-refractivity contribution is 7.89. The number of carbonyl (C=O) groups is 2. The Morgan fingerprint density at radius 1 is 0.978 bits per heavy atom. The van der Waals surface area contributed by atoms with E-state index in [2.05, 4.69) is 10.1 Å². The van der Waals surface area contributed by atoms with Gasteiger partial charge >= 0.3 is 5.97 Å². The van der Waals surface area contributed by atoms with E-state index in [1.165, 1.54) is 49.6 Å². The number of sulfonamides is 1. The van der Waals surface area contributed by atoms with E-state index in [9.17, 15) is 32.6 Å². The standard InChI is InChI=1S/C34H36FN3O7S/c1-21(2)38-29(17-16-26(39)19-27(40)20-30(41)45-3)31(23-12-14-24(35)15-13-23)32(22-8-5-4-6-9-22)33(38)34(42)37-25-10-7-11-28(18-25)46(36,43)44/h4-18,21,26-27,39-40H,19-20H2,1-3H3,(H,37,42)(H2,36,43,44)/b17-16+/t26-,27-/m1/s1. The third-order valence-corrected chi connectivity index (χ3v) is 8.12. The molecule has 0 saturated heterocycles. The first-order valence-corrected chi connectivity index (χ1v) is 16.0. The number of aromatic nitrogens is 1. The summed E-state index contributed by atoms with van der Waals surface area (Å²) in [4.78, 5) is 25.6. The number of esters is 1. The predicted octanol–water partition coefficient (Wildman–Crippen LogP) is 5.13. The van der Waals surface area contributed by atoms with Gasteiger partial charge in [-0.2, -0.15) is 0 Å². The summed E-state index contributed by atoms with van der Waals surface area (Å²) >= 11 is 0. The lowest BCUT2D eigenvalue weighted by molar-refractivity contribution is -0.143. The molecule has 242 valence electrons. The maximum Gasteiger partial charge on any atom is 0.308 e. The SMILES string of the molecule is COC(=O)C[C@H](O)C[C@H](O)/C=C/c1c(-c2ccc(F)cc2)c(-c2ccccc2)c(C(=O)Nc2cccc(S(N)(=O)=O)c2)n1C(C)C. The van der Waals surface area contributed by atoms with Crippen LogP contribution in [0.15, 0.2) is 89.8 Å². The minimum atomic E-state index is -4.04. The van der Waals surface area contributed by atoms with Gasteiger partial charge in [-0.05, 0) is 61.4 Å². The number of nitrogens with two attached hydrogens (primary N) is 1. The molecule has 0 bridgehead atoms. The molecule has 5 N–H and O–H groups in total. The molecule has 2 atom stereocenters. The second-order valence-corrected chi connectivity index (χ2v) is 12.5. The van der Waals surface area contributed by atoms with E-state index >= 15 is 0 Å². The Balaban J connectivity index is 1.94. The number of methoxy groups -OCH3 is 1. The number of carbonyl (C=O) groups excluding carboxylic acids is 2. The minimum absolute atomic E-state index is 0.154. The van der Waals surface area contributed by atoms with Gasteiger partial charge in [-0.1, -0.05) is 54.6 Å². The van der Waals surface area contributed by atoms with Crippen LogP contribution in [-0.4, -0.2) is 54.4 Å². The van der Waals surface area contributed by atoms with Gasteiger partial charge in [0.1, 0.15) is 11.5 Å². The Kier molecular flexibility index (Phi) is 10.9. The molecule has 46 heavy (non-hydrogen) atoms. The summed E-state index contributed by atoms with van der Waals surface area (Å²) < 4.78 is 44.4. The Bertz CT molecular complexity index is 1840. The zero-order valence-electron chi connectivity index (χ0n) is 25.6. The van der Waals surface area contributed by atoms with E-state index in [1.807, 2.05) is 44.2 Å². The molecule has 4 aromatic rings. The number of nitrogens with zero attached hydrogens (tertiary/aromatic N) is 1. The molecule has 0 saturated carbocycles. The summed E-state index contributed by atoms with van der Waals surface area (Å²) in [6, 6.07) is 20.2. The Hall–Kier alpha value is -4.62. The predicted molar refractivity (Wildman–Crippen MR) is 174 cm³/mol. The second-order valence-electron chi connectivity index (χ2n) is 10.9. The van der Waals surface area contributed by atoms with Crippen LogP contribution in [0.1, 0.15) is 48.9 Å². The Labute approximate surface area is 267 Å². The first-order chi connectivity index (χ1) is 21.8. The van der Waals surface area contributed by atoms with E-state index in [4.69, 9.17) is 5.14 Å². The number of halogens is 1. The van der Waals surface area contributed by atoms with Gasteiger partial charge in [-0.15, -0.1) is 0 Å². The first-order valence-electron chi connectivity index (χ1n) is 14.4. The van der Waals surface area contributed by atoms with Gasteiger partial charge in [0.05, 0.1) is 30.6 Å².